The molecule has 0 saturated heterocycles. The number of ether oxygens (including phenoxy) is 1. The van der Waals surface area contributed by atoms with Crippen LogP contribution in [0.5, 0.6) is 11.5 Å². The second-order valence-corrected chi connectivity index (χ2v) is 6.99. The van der Waals surface area contributed by atoms with E-state index in [1.54, 1.807) is 36.4 Å². The number of nitrogens with zero attached hydrogens (tertiary/aromatic N) is 2. The highest BCUT2D eigenvalue weighted by atomic mass is 16.7. The molecular formula is C22H16N2O7. The number of benzene rings is 2. The number of hydrogen-bond donors (Lipinski definition) is 0. The summed E-state index contributed by atoms with van der Waals surface area (Å²) >= 11 is 0. The zero-order chi connectivity index (χ0) is 22.1. The van der Waals surface area contributed by atoms with E-state index in [2.05, 4.69) is 20.0 Å². The third-order valence-corrected chi connectivity index (χ3v) is 4.69. The lowest BCUT2D eigenvalue weighted by atomic mass is 10.1. The monoisotopic (exact) mass is 420 g/mol. The number of Topliss-reactive ketones (excluding diaryl/α,β-unsaturated/α-hetero) is 2. The van der Waals surface area contributed by atoms with Crippen molar-refractivity contribution in [1.82, 2.24) is 0 Å². The van der Waals surface area contributed by atoms with Crippen molar-refractivity contribution < 1.29 is 33.6 Å². The predicted octanol–water partition coefficient (Wildman–Crippen LogP) is 2.79. The van der Waals surface area contributed by atoms with Crippen molar-refractivity contribution in [1.29, 1.82) is 0 Å². The molecule has 0 atom stereocenters. The normalized spacial score (nSPS) is 17.0. The summed E-state index contributed by atoms with van der Waals surface area (Å²) in [5.74, 6) is -0.790. The summed E-state index contributed by atoms with van der Waals surface area (Å²) < 4.78 is 5.89. The first-order valence-corrected chi connectivity index (χ1v) is 9.34. The summed E-state index contributed by atoms with van der Waals surface area (Å²) in [6.07, 6.45) is 0.459. The first-order valence-electron chi connectivity index (χ1n) is 9.34. The fraction of sp³-hybridized carbons (Fsp3) is 0.182. The summed E-state index contributed by atoms with van der Waals surface area (Å²) in [5.41, 5.74) is 2.67. The standard InChI is InChI=1S/C22H16N2O7/c1-11(25)30-23-19-9-13-7-15(3-5-17(13)21(19)27)29-16-4-6-18-14(8-16)10-20(22(18)28)24-31-12(2)26/h3-8H,9-10H2,1-2H3. The van der Waals surface area contributed by atoms with E-state index in [1.807, 2.05) is 0 Å². The van der Waals surface area contributed by atoms with Crippen LogP contribution in [-0.2, 0) is 32.1 Å². The smallest absolute Gasteiger partial charge is 0.331 e. The first kappa shape index (κ1) is 20.1. The second-order valence-electron chi connectivity index (χ2n) is 6.99. The molecule has 0 aromatic heterocycles. The van der Waals surface area contributed by atoms with Gasteiger partial charge in [0.05, 0.1) is 0 Å². The summed E-state index contributed by atoms with van der Waals surface area (Å²) in [4.78, 5) is 55.6. The van der Waals surface area contributed by atoms with Gasteiger partial charge in [0.25, 0.3) is 0 Å². The van der Waals surface area contributed by atoms with Gasteiger partial charge < -0.3 is 14.4 Å². The van der Waals surface area contributed by atoms with E-state index in [0.29, 0.717) is 33.8 Å². The number of carbonyl (C=O) groups is 4. The fourth-order valence-electron chi connectivity index (χ4n) is 3.36. The third kappa shape index (κ3) is 4.11. The van der Waals surface area contributed by atoms with Crippen molar-refractivity contribution in [2.45, 2.75) is 26.7 Å². The lowest BCUT2D eigenvalue weighted by molar-refractivity contribution is -0.141. The zero-order valence-electron chi connectivity index (χ0n) is 16.6. The number of ketones is 2. The minimum Gasteiger partial charge on any atom is -0.457 e. The Morgan fingerprint density at radius 1 is 0.742 bits per heavy atom. The van der Waals surface area contributed by atoms with Crippen LogP contribution in [0.25, 0.3) is 0 Å². The minimum atomic E-state index is -0.601. The number of hydrogen-bond acceptors (Lipinski definition) is 9. The quantitative estimate of drug-likeness (QED) is 0.551. The summed E-state index contributed by atoms with van der Waals surface area (Å²) in [6, 6.07) is 9.99. The van der Waals surface area contributed by atoms with Crippen LogP contribution in [0.15, 0.2) is 46.7 Å². The number of carbonyl (C=O) groups excluding carboxylic acids is 4. The van der Waals surface area contributed by atoms with Crippen LogP contribution in [0, 0.1) is 0 Å². The van der Waals surface area contributed by atoms with E-state index in [9.17, 15) is 19.2 Å². The van der Waals surface area contributed by atoms with Crippen LogP contribution in [0.1, 0.15) is 45.7 Å². The van der Waals surface area contributed by atoms with Crippen LogP contribution in [0.4, 0.5) is 0 Å². The molecule has 4 rings (SSSR count). The first-order chi connectivity index (χ1) is 14.8. The summed E-state index contributed by atoms with van der Waals surface area (Å²) in [7, 11) is 0. The van der Waals surface area contributed by atoms with E-state index >= 15 is 0 Å². The molecule has 2 aliphatic rings. The van der Waals surface area contributed by atoms with E-state index in [1.165, 1.54) is 13.8 Å². The maximum atomic E-state index is 12.3. The van der Waals surface area contributed by atoms with Crippen molar-refractivity contribution in [2.24, 2.45) is 10.3 Å². The van der Waals surface area contributed by atoms with Gasteiger partial charge >= 0.3 is 11.9 Å². The molecule has 0 fully saturated rings. The highest BCUT2D eigenvalue weighted by Crippen LogP contribution is 2.31. The molecule has 0 heterocycles. The summed E-state index contributed by atoms with van der Waals surface area (Å²) in [5, 5.41) is 7.23. The zero-order valence-corrected chi connectivity index (χ0v) is 16.6. The molecule has 0 spiro atoms. The van der Waals surface area contributed by atoms with Crippen LogP contribution in [-0.4, -0.2) is 34.9 Å². The molecule has 0 bridgehead atoms. The Hall–Kier alpha value is -4.14. The highest BCUT2D eigenvalue weighted by Gasteiger charge is 2.29. The van der Waals surface area contributed by atoms with Gasteiger partial charge in [-0.3, -0.25) is 9.59 Å². The van der Waals surface area contributed by atoms with Crippen molar-refractivity contribution in [3.05, 3.63) is 58.7 Å². The van der Waals surface area contributed by atoms with E-state index < -0.39 is 11.9 Å². The Balaban J connectivity index is 1.52. The van der Waals surface area contributed by atoms with Gasteiger partial charge in [0.2, 0.25) is 11.6 Å². The second kappa shape index (κ2) is 7.94. The Morgan fingerprint density at radius 3 is 1.55 bits per heavy atom. The topological polar surface area (TPSA) is 121 Å². The fourth-order valence-corrected chi connectivity index (χ4v) is 3.36. The molecule has 9 heteroatoms. The van der Waals surface area contributed by atoms with Crippen LogP contribution in [0.3, 0.4) is 0 Å². The Kier molecular flexibility index (Phi) is 5.16. The SMILES string of the molecule is CC(=O)ON=C1Cc2cc(Oc3ccc4c(c3)CC(=NOC(C)=O)C4=O)ccc2C1=O. The minimum absolute atomic E-state index is 0.151. The molecule has 2 aliphatic carbocycles. The van der Waals surface area contributed by atoms with Crippen LogP contribution < -0.4 is 4.74 Å². The lowest BCUT2D eigenvalue weighted by Gasteiger charge is -2.08. The maximum Gasteiger partial charge on any atom is 0.331 e. The van der Waals surface area contributed by atoms with Crippen molar-refractivity contribution in [3.8, 4) is 11.5 Å². The van der Waals surface area contributed by atoms with Gasteiger partial charge in [-0.15, -0.1) is 0 Å². The van der Waals surface area contributed by atoms with Gasteiger partial charge in [-0.05, 0) is 47.5 Å². The van der Waals surface area contributed by atoms with E-state index in [4.69, 9.17) is 4.74 Å². The van der Waals surface area contributed by atoms with Gasteiger partial charge in [0.1, 0.15) is 22.9 Å². The van der Waals surface area contributed by atoms with Gasteiger partial charge in [-0.1, -0.05) is 10.3 Å². The molecular weight excluding hydrogens is 404 g/mol. The highest BCUT2D eigenvalue weighted by molar-refractivity contribution is 6.50. The van der Waals surface area contributed by atoms with Crippen LogP contribution in [0.2, 0.25) is 0 Å². The molecule has 0 radical (unpaired) electrons. The van der Waals surface area contributed by atoms with Crippen molar-refractivity contribution >= 4 is 34.9 Å². The Bertz CT molecular complexity index is 1120. The largest absolute Gasteiger partial charge is 0.457 e. The Morgan fingerprint density at radius 2 is 1.16 bits per heavy atom. The number of fused-ring (bicyclic) bond motifs is 2. The Labute approximate surface area is 176 Å². The lowest BCUT2D eigenvalue weighted by Crippen LogP contribution is -2.09. The number of oxime groups is 2. The molecule has 0 aliphatic heterocycles. The van der Waals surface area contributed by atoms with Gasteiger partial charge in [0, 0.05) is 37.8 Å². The molecule has 0 unspecified atom stereocenters. The average molecular weight is 420 g/mol. The molecule has 0 N–H and O–H groups in total. The van der Waals surface area contributed by atoms with Crippen LogP contribution >= 0.6 is 0 Å². The van der Waals surface area contributed by atoms with E-state index in [-0.39, 0.29) is 35.8 Å². The van der Waals surface area contributed by atoms with Crippen molar-refractivity contribution in [2.75, 3.05) is 0 Å². The molecule has 2 aromatic rings. The molecule has 0 saturated carbocycles. The molecule has 9 nitrogen and oxygen atoms in total. The van der Waals surface area contributed by atoms with Gasteiger partial charge in [0.15, 0.2) is 0 Å². The number of rotatable bonds is 4. The van der Waals surface area contributed by atoms with Crippen molar-refractivity contribution in [3.63, 3.8) is 0 Å². The molecule has 0 amide bonds. The molecule has 2 aromatic carbocycles. The third-order valence-electron chi connectivity index (χ3n) is 4.69. The maximum absolute atomic E-state index is 12.3. The van der Waals surface area contributed by atoms with Gasteiger partial charge in [-0.25, -0.2) is 9.59 Å². The van der Waals surface area contributed by atoms with Gasteiger partial charge in [-0.2, -0.15) is 0 Å². The average Bonchev–Trinajstić information content (AvgIpc) is 3.21. The molecule has 156 valence electrons. The summed E-state index contributed by atoms with van der Waals surface area (Å²) in [6.45, 7) is 2.41. The molecule has 31 heavy (non-hydrogen) atoms. The van der Waals surface area contributed by atoms with E-state index in [0.717, 1.165) is 0 Å². The predicted molar refractivity (Wildman–Crippen MR) is 107 cm³/mol.